The first-order valence-electron chi connectivity index (χ1n) is 11.2. The van der Waals surface area contributed by atoms with Gasteiger partial charge in [-0.15, -0.1) is 0 Å². The Hall–Kier alpha value is -3.70. The summed E-state index contributed by atoms with van der Waals surface area (Å²) in [6.45, 7) is 1.26. The molecule has 0 bridgehead atoms. The number of fused-ring (bicyclic) bond motifs is 1. The molecule has 1 amide bonds. The van der Waals surface area contributed by atoms with E-state index < -0.39 is 31.0 Å². The van der Waals surface area contributed by atoms with Crippen LogP contribution in [0.2, 0.25) is 5.02 Å². The van der Waals surface area contributed by atoms with Gasteiger partial charge in [-0.2, -0.15) is 13.9 Å². The molecule has 4 rings (SSSR count). The van der Waals surface area contributed by atoms with E-state index in [0.29, 0.717) is 28.2 Å². The Bertz CT molecular complexity index is 1450. The van der Waals surface area contributed by atoms with Gasteiger partial charge in [0.2, 0.25) is 5.91 Å². The van der Waals surface area contributed by atoms with Crippen LogP contribution in [-0.4, -0.2) is 38.9 Å². The predicted molar refractivity (Wildman–Crippen MR) is 130 cm³/mol. The molecule has 4 aromatic rings. The molecule has 2 aromatic carbocycles. The van der Waals surface area contributed by atoms with E-state index in [1.165, 1.54) is 12.4 Å². The molecule has 2 heterocycles. The lowest BCUT2D eigenvalue weighted by atomic mass is 10.0. The first kappa shape index (κ1) is 26.4. The van der Waals surface area contributed by atoms with E-state index in [0.717, 1.165) is 22.8 Å². The first-order valence-corrected chi connectivity index (χ1v) is 11.6. The van der Waals surface area contributed by atoms with Crippen LogP contribution in [0.25, 0.3) is 16.6 Å². The largest absolute Gasteiger partial charge is 0.487 e. The van der Waals surface area contributed by atoms with E-state index in [1.807, 2.05) is 32.0 Å². The van der Waals surface area contributed by atoms with E-state index in [9.17, 15) is 18.0 Å². The van der Waals surface area contributed by atoms with Gasteiger partial charge < -0.3 is 14.8 Å². The number of carbonyl (C=O) groups excluding carboxylic acids is 1. The number of rotatable bonds is 9. The highest BCUT2D eigenvalue weighted by molar-refractivity contribution is 6.31. The summed E-state index contributed by atoms with van der Waals surface area (Å²) in [5, 5.41) is 7.67. The number of nitrogens with one attached hydrogen (secondary N) is 1. The van der Waals surface area contributed by atoms with Crippen LogP contribution in [0.3, 0.4) is 0 Å². The molecule has 37 heavy (non-hydrogen) atoms. The van der Waals surface area contributed by atoms with Crippen LogP contribution in [0.5, 0.6) is 5.75 Å². The summed E-state index contributed by atoms with van der Waals surface area (Å²) in [5.74, 6) is -0.252. The van der Waals surface area contributed by atoms with Crippen molar-refractivity contribution in [3.8, 4) is 11.4 Å². The average Bonchev–Trinajstić information content (AvgIpc) is 3.27. The number of nitrogens with zero attached hydrogens (tertiary/aromatic N) is 4. The predicted octanol–water partition coefficient (Wildman–Crippen LogP) is 5.22. The van der Waals surface area contributed by atoms with Gasteiger partial charge in [-0.3, -0.25) is 4.79 Å². The molecule has 1 N–H and O–H groups in total. The lowest BCUT2D eigenvalue weighted by Crippen LogP contribution is -2.31. The minimum Gasteiger partial charge on any atom is -0.487 e. The van der Waals surface area contributed by atoms with E-state index in [1.54, 1.807) is 17.7 Å². The van der Waals surface area contributed by atoms with Crippen molar-refractivity contribution < 1.29 is 27.4 Å². The fourth-order valence-corrected chi connectivity index (χ4v) is 4.24. The maximum atomic E-state index is 14.2. The number of hydrogen-bond acceptors (Lipinski definition) is 6. The van der Waals surface area contributed by atoms with E-state index >= 15 is 0 Å². The highest BCUT2D eigenvalue weighted by atomic mass is 35.5. The molecule has 1 unspecified atom stereocenters. The number of pyridine rings is 1. The minimum absolute atomic E-state index is 0.0748. The number of hydrogen-bond donors (Lipinski definition) is 1. The van der Waals surface area contributed by atoms with Crippen LogP contribution in [0.4, 0.5) is 13.2 Å². The molecule has 0 aliphatic heterocycles. The molecule has 0 aliphatic carbocycles. The van der Waals surface area contributed by atoms with Crippen molar-refractivity contribution >= 4 is 28.4 Å². The number of alkyl halides is 2. The second kappa shape index (κ2) is 11.1. The summed E-state index contributed by atoms with van der Waals surface area (Å²) in [7, 11) is 0. The quantitative estimate of drug-likeness (QED) is 0.317. The first-order chi connectivity index (χ1) is 17.6. The van der Waals surface area contributed by atoms with E-state index in [2.05, 4.69) is 25.1 Å². The smallest absolute Gasteiger partial charge is 0.345 e. The van der Waals surface area contributed by atoms with Crippen molar-refractivity contribution in [1.29, 1.82) is 0 Å². The number of carbonyl (C=O) groups is 1. The highest BCUT2D eigenvalue weighted by Crippen LogP contribution is 2.32. The third-order valence-electron chi connectivity index (χ3n) is 5.61. The maximum Gasteiger partial charge on any atom is 0.345 e. The van der Waals surface area contributed by atoms with Crippen LogP contribution in [0.1, 0.15) is 35.6 Å². The van der Waals surface area contributed by atoms with Crippen molar-refractivity contribution in [1.82, 2.24) is 25.1 Å². The molecule has 2 aromatic heterocycles. The van der Waals surface area contributed by atoms with Crippen LogP contribution >= 0.6 is 11.6 Å². The number of aromatic nitrogens is 4. The zero-order chi connectivity index (χ0) is 26.7. The zero-order valence-corrected chi connectivity index (χ0v) is 20.9. The van der Waals surface area contributed by atoms with Crippen LogP contribution in [-0.2, 0) is 16.1 Å². The summed E-state index contributed by atoms with van der Waals surface area (Å²) >= 11 is 6.35. The SMILES string of the molecule is Cc1cc(-n2ncnc2C)c2cccc(OCc3c(Cl)cc(F)cc3C(C)NC(=O)COC(F)F)c2n1. The van der Waals surface area contributed by atoms with Gasteiger partial charge in [-0.05, 0) is 50.6 Å². The molecule has 0 radical (unpaired) electrons. The van der Waals surface area contributed by atoms with Gasteiger partial charge in [-0.25, -0.2) is 19.0 Å². The Labute approximate surface area is 215 Å². The summed E-state index contributed by atoms with van der Waals surface area (Å²) in [4.78, 5) is 20.8. The van der Waals surface area contributed by atoms with Gasteiger partial charge in [0.15, 0.2) is 0 Å². The fraction of sp³-hybridized carbons (Fsp3) is 0.280. The van der Waals surface area contributed by atoms with Crippen LogP contribution in [0, 0.1) is 19.7 Å². The lowest BCUT2D eigenvalue weighted by molar-refractivity contribution is -0.152. The fourth-order valence-electron chi connectivity index (χ4n) is 3.97. The highest BCUT2D eigenvalue weighted by Gasteiger charge is 2.20. The van der Waals surface area contributed by atoms with E-state index in [4.69, 9.17) is 16.3 Å². The van der Waals surface area contributed by atoms with Gasteiger partial charge in [0.1, 0.15) is 42.4 Å². The normalized spacial score (nSPS) is 12.2. The molecular formula is C25H23ClF3N5O3. The standard InChI is InChI=1S/C25H23ClF3N5O3/c1-13-7-21(34-15(3)30-12-31-34)17-5-4-6-22(24(17)32-13)36-10-19-18(8-16(27)9-20(19)26)14(2)33-23(35)11-37-25(28)29/h4-9,12,14,25H,10-11H2,1-3H3,(H,33,35). The molecular weight excluding hydrogens is 511 g/mol. The molecule has 194 valence electrons. The molecule has 0 saturated heterocycles. The maximum absolute atomic E-state index is 14.2. The molecule has 8 nitrogen and oxygen atoms in total. The number of halogens is 4. The number of aryl methyl sites for hydroxylation is 2. The molecule has 0 spiro atoms. The van der Waals surface area contributed by atoms with Gasteiger partial charge >= 0.3 is 6.61 Å². The van der Waals surface area contributed by atoms with Crippen molar-refractivity contribution in [2.45, 2.75) is 40.0 Å². The summed E-state index contributed by atoms with van der Waals surface area (Å²) < 4.78 is 50.5. The lowest BCUT2D eigenvalue weighted by Gasteiger charge is -2.20. The van der Waals surface area contributed by atoms with E-state index in [-0.39, 0.29) is 11.6 Å². The molecule has 0 aliphatic rings. The number of para-hydroxylation sites is 1. The summed E-state index contributed by atoms with van der Waals surface area (Å²) in [6.07, 6.45) is 1.47. The van der Waals surface area contributed by atoms with Crippen LogP contribution in [0.15, 0.2) is 42.7 Å². The second-order valence-corrected chi connectivity index (χ2v) is 8.67. The Balaban J connectivity index is 1.64. The van der Waals surface area contributed by atoms with Gasteiger partial charge in [0.05, 0.1) is 16.8 Å². The number of benzene rings is 2. The average molecular weight is 534 g/mol. The Kier molecular flexibility index (Phi) is 7.94. The van der Waals surface area contributed by atoms with Crippen LogP contribution < -0.4 is 10.1 Å². The Morgan fingerprint density at radius 3 is 2.70 bits per heavy atom. The summed E-state index contributed by atoms with van der Waals surface area (Å²) in [6, 6.07) is 8.91. The molecule has 12 heteroatoms. The summed E-state index contributed by atoms with van der Waals surface area (Å²) in [5.41, 5.74) is 2.85. The third-order valence-corrected chi connectivity index (χ3v) is 5.94. The number of ether oxygens (including phenoxy) is 2. The topological polar surface area (TPSA) is 91.2 Å². The monoisotopic (exact) mass is 533 g/mol. The number of amides is 1. The Morgan fingerprint density at radius 2 is 2.00 bits per heavy atom. The van der Waals surface area contributed by atoms with Crippen molar-refractivity contribution in [3.05, 3.63) is 76.2 Å². The molecule has 0 saturated carbocycles. The van der Waals surface area contributed by atoms with Gasteiger partial charge in [0, 0.05) is 16.6 Å². The van der Waals surface area contributed by atoms with Crippen molar-refractivity contribution in [3.63, 3.8) is 0 Å². The third kappa shape index (κ3) is 6.00. The van der Waals surface area contributed by atoms with Crippen molar-refractivity contribution in [2.24, 2.45) is 0 Å². The molecule has 1 atom stereocenters. The van der Waals surface area contributed by atoms with Gasteiger partial charge in [-0.1, -0.05) is 23.7 Å². The molecule has 0 fully saturated rings. The zero-order valence-electron chi connectivity index (χ0n) is 20.1. The van der Waals surface area contributed by atoms with Crippen molar-refractivity contribution in [2.75, 3.05) is 6.61 Å². The van der Waals surface area contributed by atoms with Gasteiger partial charge in [0.25, 0.3) is 0 Å². The minimum atomic E-state index is -3.08. The Morgan fingerprint density at radius 1 is 1.22 bits per heavy atom. The second-order valence-electron chi connectivity index (χ2n) is 8.26.